The van der Waals surface area contributed by atoms with Crippen molar-refractivity contribution in [2.45, 2.75) is 104 Å². The van der Waals surface area contributed by atoms with Crippen LogP contribution in [0.25, 0.3) is 0 Å². The van der Waals surface area contributed by atoms with Crippen molar-refractivity contribution >= 4 is 0 Å². The maximum atomic E-state index is 5.48. The van der Waals surface area contributed by atoms with Crippen molar-refractivity contribution in [1.29, 1.82) is 0 Å². The Balaban J connectivity index is 0. The lowest BCUT2D eigenvalue weighted by Crippen LogP contribution is -1.97. The highest BCUT2D eigenvalue weighted by atomic mass is 14.7. The third-order valence-corrected chi connectivity index (χ3v) is 3.99. The SMILES string of the molecule is CC(C)CCCCCCCCCCCCCCCN.CNC. The van der Waals surface area contributed by atoms with Crippen LogP contribution in [-0.2, 0) is 0 Å². The summed E-state index contributed by atoms with van der Waals surface area (Å²) in [6.45, 7) is 5.53. The van der Waals surface area contributed by atoms with Crippen molar-refractivity contribution in [2.75, 3.05) is 20.6 Å². The van der Waals surface area contributed by atoms with E-state index in [2.05, 4.69) is 19.2 Å². The third-order valence-electron chi connectivity index (χ3n) is 3.99. The van der Waals surface area contributed by atoms with Gasteiger partial charge in [-0.2, -0.15) is 0 Å². The third kappa shape index (κ3) is 28.1. The minimum atomic E-state index is 0.872. The van der Waals surface area contributed by atoms with E-state index < -0.39 is 0 Å². The summed E-state index contributed by atoms with van der Waals surface area (Å²) >= 11 is 0. The number of hydrogen-bond acceptors (Lipinski definition) is 2. The topological polar surface area (TPSA) is 38.0 Å². The molecule has 0 unspecified atom stereocenters. The molecule has 0 aliphatic heterocycles. The fraction of sp³-hybridized carbons (Fsp3) is 1.00. The van der Waals surface area contributed by atoms with E-state index in [4.69, 9.17) is 5.73 Å². The van der Waals surface area contributed by atoms with Crippen LogP contribution in [0, 0.1) is 5.92 Å². The predicted octanol–water partition coefficient (Wildman–Crippen LogP) is 5.90. The van der Waals surface area contributed by atoms with Crippen molar-refractivity contribution < 1.29 is 0 Å². The first kappa shape index (κ1) is 24.2. The zero-order valence-corrected chi connectivity index (χ0v) is 16.3. The monoisotopic (exact) mass is 314 g/mol. The van der Waals surface area contributed by atoms with Crippen LogP contribution in [0.15, 0.2) is 0 Å². The Morgan fingerprint density at radius 1 is 0.591 bits per heavy atom. The first-order chi connectivity index (χ1) is 10.7. The summed E-state index contributed by atoms with van der Waals surface area (Å²) in [7, 11) is 3.75. The van der Waals surface area contributed by atoms with Crippen molar-refractivity contribution in [2.24, 2.45) is 11.7 Å². The second-order valence-corrected chi connectivity index (χ2v) is 7.07. The Morgan fingerprint density at radius 3 is 1.14 bits per heavy atom. The maximum Gasteiger partial charge on any atom is -0.00773 e. The molecular formula is C20H46N2. The average Bonchev–Trinajstić information content (AvgIpc) is 2.48. The van der Waals surface area contributed by atoms with Gasteiger partial charge in [0.2, 0.25) is 0 Å². The minimum absolute atomic E-state index is 0.872. The van der Waals surface area contributed by atoms with E-state index in [0.29, 0.717) is 0 Å². The van der Waals surface area contributed by atoms with Gasteiger partial charge in [-0.05, 0) is 33.0 Å². The Kier molecular flexibility index (Phi) is 25.5. The van der Waals surface area contributed by atoms with Gasteiger partial charge in [-0.1, -0.05) is 97.3 Å². The van der Waals surface area contributed by atoms with E-state index in [1.165, 1.54) is 89.9 Å². The summed E-state index contributed by atoms with van der Waals surface area (Å²) < 4.78 is 0. The largest absolute Gasteiger partial charge is 0.330 e. The quantitative estimate of drug-likeness (QED) is 0.369. The lowest BCUT2D eigenvalue weighted by Gasteiger charge is -2.04. The molecule has 0 heterocycles. The van der Waals surface area contributed by atoms with Crippen LogP contribution in [0.1, 0.15) is 104 Å². The molecule has 0 aliphatic carbocycles. The highest BCUT2D eigenvalue weighted by Crippen LogP contribution is 2.14. The summed E-state index contributed by atoms with van der Waals surface area (Å²) in [5.74, 6) is 0.893. The summed E-state index contributed by atoms with van der Waals surface area (Å²) in [5.41, 5.74) is 5.48. The Labute approximate surface area is 142 Å². The predicted molar refractivity (Wildman–Crippen MR) is 104 cm³/mol. The molecule has 0 saturated heterocycles. The molecule has 0 saturated carbocycles. The molecule has 0 aliphatic rings. The number of nitrogens with one attached hydrogen (secondary N) is 1. The van der Waals surface area contributed by atoms with Crippen molar-refractivity contribution in [3.63, 3.8) is 0 Å². The Bertz CT molecular complexity index is 169. The lowest BCUT2D eigenvalue weighted by atomic mass is 10.0. The molecule has 0 aromatic carbocycles. The van der Waals surface area contributed by atoms with E-state index in [-0.39, 0.29) is 0 Å². The molecule has 0 spiro atoms. The summed E-state index contributed by atoms with van der Waals surface area (Å²) in [6.07, 6.45) is 19.9. The lowest BCUT2D eigenvalue weighted by molar-refractivity contribution is 0.503. The van der Waals surface area contributed by atoms with Crippen molar-refractivity contribution in [3.05, 3.63) is 0 Å². The molecule has 0 atom stereocenters. The normalized spacial score (nSPS) is 10.6. The van der Waals surface area contributed by atoms with E-state index in [1.807, 2.05) is 14.1 Å². The smallest absolute Gasteiger partial charge is 0.00773 e. The first-order valence-electron chi connectivity index (χ1n) is 9.97. The summed E-state index contributed by atoms with van der Waals surface area (Å²) in [4.78, 5) is 0. The van der Waals surface area contributed by atoms with E-state index in [1.54, 1.807) is 0 Å². The molecule has 0 radical (unpaired) electrons. The van der Waals surface area contributed by atoms with Gasteiger partial charge in [-0.15, -0.1) is 0 Å². The van der Waals surface area contributed by atoms with Crippen LogP contribution in [0.5, 0.6) is 0 Å². The summed E-state index contributed by atoms with van der Waals surface area (Å²) in [5, 5.41) is 2.75. The van der Waals surface area contributed by atoms with Crippen molar-refractivity contribution in [1.82, 2.24) is 5.32 Å². The van der Waals surface area contributed by atoms with Gasteiger partial charge in [0.05, 0.1) is 0 Å². The molecule has 0 rings (SSSR count). The van der Waals surface area contributed by atoms with Crippen LogP contribution in [0.4, 0.5) is 0 Å². The molecule has 22 heavy (non-hydrogen) atoms. The van der Waals surface area contributed by atoms with Crippen molar-refractivity contribution in [3.8, 4) is 0 Å². The maximum absolute atomic E-state index is 5.48. The van der Waals surface area contributed by atoms with Gasteiger partial charge in [0, 0.05) is 0 Å². The minimum Gasteiger partial charge on any atom is -0.330 e. The number of unbranched alkanes of at least 4 members (excludes halogenated alkanes) is 12. The fourth-order valence-corrected chi connectivity index (χ4v) is 2.64. The van der Waals surface area contributed by atoms with Crippen LogP contribution >= 0.6 is 0 Å². The Hall–Kier alpha value is -0.0800. The molecule has 0 fully saturated rings. The van der Waals surface area contributed by atoms with Gasteiger partial charge in [0.25, 0.3) is 0 Å². The molecule has 2 heteroatoms. The highest BCUT2D eigenvalue weighted by molar-refractivity contribution is 4.50. The number of hydrogen-bond donors (Lipinski definition) is 2. The van der Waals surface area contributed by atoms with Gasteiger partial charge in [0.15, 0.2) is 0 Å². The molecule has 0 bridgehead atoms. The van der Waals surface area contributed by atoms with Gasteiger partial charge in [-0.3, -0.25) is 0 Å². The Morgan fingerprint density at radius 2 is 0.864 bits per heavy atom. The van der Waals surface area contributed by atoms with E-state index in [9.17, 15) is 0 Å². The van der Waals surface area contributed by atoms with Gasteiger partial charge in [-0.25, -0.2) is 0 Å². The standard InChI is InChI=1S/C18H39N.C2H7N/c1-18(2)16-14-12-10-8-6-4-3-5-7-9-11-13-15-17-19;1-3-2/h18H,3-17,19H2,1-2H3;3H,1-2H3. The zero-order chi connectivity index (χ0) is 16.9. The van der Waals surface area contributed by atoms with E-state index in [0.717, 1.165) is 12.5 Å². The number of nitrogens with two attached hydrogens (primary N) is 1. The van der Waals surface area contributed by atoms with E-state index >= 15 is 0 Å². The molecule has 0 aromatic rings. The first-order valence-corrected chi connectivity index (χ1v) is 9.97. The molecular weight excluding hydrogens is 268 g/mol. The fourth-order valence-electron chi connectivity index (χ4n) is 2.64. The molecule has 2 nitrogen and oxygen atoms in total. The molecule has 3 N–H and O–H groups in total. The second kappa shape index (κ2) is 23.2. The van der Waals surface area contributed by atoms with Gasteiger partial charge in [0.1, 0.15) is 0 Å². The zero-order valence-electron chi connectivity index (χ0n) is 16.3. The van der Waals surface area contributed by atoms with Crippen LogP contribution < -0.4 is 11.1 Å². The van der Waals surface area contributed by atoms with Gasteiger partial charge >= 0.3 is 0 Å². The molecule has 0 amide bonds. The van der Waals surface area contributed by atoms with Gasteiger partial charge < -0.3 is 11.1 Å². The number of rotatable bonds is 15. The van der Waals surface area contributed by atoms with Crippen LogP contribution in [0.2, 0.25) is 0 Å². The summed E-state index contributed by atoms with van der Waals surface area (Å²) in [6, 6.07) is 0. The van der Waals surface area contributed by atoms with Crippen LogP contribution in [-0.4, -0.2) is 20.6 Å². The molecule has 136 valence electrons. The molecule has 0 aromatic heterocycles. The second-order valence-electron chi connectivity index (χ2n) is 7.07. The van der Waals surface area contributed by atoms with Crippen LogP contribution in [0.3, 0.4) is 0 Å². The highest BCUT2D eigenvalue weighted by Gasteiger charge is 1.95. The average molecular weight is 315 g/mol.